The van der Waals surface area contributed by atoms with E-state index in [9.17, 15) is 0 Å². The molecule has 0 aliphatic carbocycles. The fourth-order valence-corrected chi connectivity index (χ4v) is 1.15. The number of hydrogen-bond acceptors (Lipinski definition) is 4. The Morgan fingerprint density at radius 3 is 2.67 bits per heavy atom. The summed E-state index contributed by atoms with van der Waals surface area (Å²) in [5, 5.41) is 0. The molecular weight excluding hydrogens is 154 g/mol. The van der Waals surface area contributed by atoms with E-state index in [2.05, 4.69) is 19.9 Å². The third kappa shape index (κ3) is 0.903. The molecule has 0 aromatic carbocycles. The number of imidazole rings is 1. The molecular formula is C7H9N5. The fourth-order valence-electron chi connectivity index (χ4n) is 1.15. The minimum atomic E-state index is 0.457. The van der Waals surface area contributed by atoms with Crippen LogP contribution in [0.25, 0.3) is 11.2 Å². The van der Waals surface area contributed by atoms with Gasteiger partial charge in [-0.2, -0.15) is 0 Å². The van der Waals surface area contributed by atoms with Gasteiger partial charge >= 0.3 is 0 Å². The number of nitrogens with two attached hydrogens (primary N) is 1. The highest BCUT2D eigenvalue weighted by atomic mass is 15.1. The molecule has 2 rings (SSSR count). The van der Waals surface area contributed by atoms with Gasteiger partial charge < -0.3 is 10.7 Å². The van der Waals surface area contributed by atoms with Gasteiger partial charge in [-0.1, -0.05) is 0 Å². The predicted octanol–water partition coefficient (Wildman–Crippen LogP) is 0.552. The monoisotopic (exact) mass is 163 g/mol. The van der Waals surface area contributed by atoms with Crippen LogP contribution in [0.1, 0.15) is 11.6 Å². The SMILES string of the molecule is Cc1nc(N)c2[nH]c(C)nc2n1. The van der Waals surface area contributed by atoms with Crippen LogP contribution in [0.4, 0.5) is 5.82 Å². The molecule has 0 radical (unpaired) electrons. The molecule has 0 saturated heterocycles. The molecule has 62 valence electrons. The molecule has 5 nitrogen and oxygen atoms in total. The van der Waals surface area contributed by atoms with Crippen LogP contribution in [0.15, 0.2) is 0 Å². The molecule has 0 bridgehead atoms. The van der Waals surface area contributed by atoms with Crippen molar-refractivity contribution in [3.63, 3.8) is 0 Å². The van der Waals surface area contributed by atoms with Gasteiger partial charge in [-0.05, 0) is 13.8 Å². The fraction of sp³-hybridized carbons (Fsp3) is 0.286. The van der Waals surface area contributed by atoms with Crippen LogP contribution in [0.2, 0.25) is 0 Å². The first kappa shape index (κ1) is 7.02. The van der Waals surface area contributed by atoms with Crippen molar-refractivity contribution in [2.45, 2.75) is 13.8 Å². The van der Waals surface area contributed by atoms with E-state index in [0.717, 1.165) is 11.3 Å². The number of anilines is 1. The summed E-state index contributed by atoms with van der Waals surface area (Å²) in [4.78, 5) is 15.3. The van der Waals surface area contributed by atoms with Gasteiger partial charge in [0, 0.05) is 0 Å². The number of hydrogen-bond donors (Lipinski definition) is 2. The zero-order chi connectivity index (χ0) is 8.72. The van der Waals surface area contributed by atoms with Crippen LogP contribution in [0.3, 0.4) is 0 Å². The van der Waals surface area contributed by atoms with Gasteiger partial charge in [0.25, 0.3) is 0 Å². The van der Waals surface area contributed by atoms with Crippen LogP contribution in [-0.2, 0) is 0 Å². The molecule has 2 heterocycles. The lowest BCUT2D eigenvalue weighted by molar-refractivity contribution is 1.08. The lowest BCUT2D eigenvalue weighted by Crippen LogP contribution is -1.96. The van der Waals surface area contributed by atoms with Gasteiger partial charge in [-0.25, -0.2) is 15.0 Å². The Morgan fingerprint density at radius 2 is 1.92 bits per heavy atom. The maximum atomic E-state index is 5.65. The van der Waals surface area contributed by atoms with Crippen LogP contribution in [0, 0.1) is 13.8 Å². The standard InChI is InChI=1S/C7H9N5/c1-3-9-5-6(8)10-4(2)12-7(5)11-3/h1-2H3,(H3,8,9,10,11,12). The van der Waals surface area contributed by atoms with Gasteiger partial charge in [0.15, 0.2) is 11.5 Å². The smallest absolute Gasteiger partial charge is 0.183 e. The van der Waals surface area contributed by atoms with Gasteiger partial charge in [0.2, 0.25) is 0 Å². The van der Waals surface area contributed by atoms with E-state index >= 15 is 0 Å². The number of fused-ring (bicyclic) bond motifs is 1. The molecule has 2 aromatic rings. The zero-order valence-corrected chi connectivity index (χ0v) is 6.92. The van der Waals surface area contributed by atoms with Crippen molar-refractivity contribution in [3.8, 4) is 0 Å². The molecule has 12 heavy (non-hydrogen) atoms. The third-order valence-electron chi connectivity index (χ3n) is 1.61. The van der Waals surface area contributed by atoms with E-state index in [1.807, 2.05) is 6.92 Å². The molecule has 0 aliphatic heterocycles. The van der Waals surface area contributed by atoms with E-state index in [4.69, 9.17) is 5.73 Å². The van der Waals surface area contributed by atoms with E-state index in [1.165, 1.54) is 0 Å². The Balaban J connectivity index is 2.88. The number of nitrogens with one attached hydrogen (secondary N) is 1. The zero-order valence-electron chi connectivity index (χ0n) is 6.92. The maximum absolute atomic E-state index is 5.65. The van der Waals surface area contributed by atoms with Crippen molar-refractivity contribution in [1.82, 2.24) is 19.9 Å². The van der Waals surface area contributed by atoms with Crippen LogP contribution < -0.4 is 5.73 Å². The number of nitrogen functional groups attached to an aromatic ring is 1. The van der Waals surface area contributed by atoms with Crippen molar-refractivity contribution >= 4 is 17.0 Å². The Kier molecular flexibility index (Phi) is 1.27. The summed E-state index contributed by atoms with van der Waals surface area (Å²) in [6.45, 7) is 3.65. The first-order valence-electron chi connectivity index (χ1n) is 3.63. The molecule has 0 aliphatic rings. The first-order valence-corrected chi connectivity index (χ1v) is 3.63. The normalized spacial score (nSPS) is 10.8. The van der Waals surface area contributed by atoms with Gasteiger partial charge in [-0.3, -0.25) is 0 Å². The summed E-state index contributed by atoms with van der Waals surface area (Å²) in [7, 11) is 0. The van der Waals surface area contributed by atoms with Crippen LogP contribution in [0.5, 0.6) is 0 Å². The third-order valence-corrected chi connectivity index (χ3v) is 1.61. The molecule has 0 saturated carbocycles. The Labute approximate surface area is 69.1 Å². The second kappa shape index (κ2) is 2.17. The van der Waals surface area contributed by atoms with Crippen molar-refractivity contribution in [2.24, 2.45) is 0 Å². The summed E-state index contributed by atoms with van der Waals surface area (Å²) < 4.78 is 0. The number of aryl methyl sites for hydroxylation is 2. The molecule has 0 amide bonds. The summed E-state index contributed by atoms with van der Waals surface area (Å²) in [5.74, 6) is 1.90. The van der Waals surface area contributed by atoms with E-state index in [1.54, 1.807) is 6.92 Å². The lowest BCUT2D eigenvalue weighted by Gasteiger charge is -1.94. The number of aromatic amines is 1. The van der Waals surface area contributed by atoms with E-state index < -0.39 is 0 Å². The Bertz CT molecular complexity index is 431. The van der Waals surface area contributed by atoms with Gasteiger partial charge in [0.1, 0.15) is 17.2 Å². The van der Waals surface area contributed by atoms with Crippen molar-refractivity contribution in [2.75, 3.05) is 5.73 Å². The van der Waals surface area contributed by atoms with Crippen LogP contribution in [-0.4, -0.2) is 19.9 Å². The van der Waals surface area contributed by atoms with Gasteiger partial charge in [0.05, 0.1) is 0 Å². The quantitative estimate of drug-likeness (QED) is 0.594. The summed E-state index contributed by atoms with van der Waals surface area (Å²) >= 11 is 0. The van der Waals surface area contributed by atoms with Crippen molar-refractivity contribution < 1.29 is 0 Å². The van der Waals surface area contributed by atoms with Crippen LogP contribution >= 0.6 is 0 Å². The lowest BCUT2D eigenvalue weighted by atomic mass is 10.5. The average molecular weight is 163 g/mol. The highest BCUT2D eigenvalue weighted by Crippen LogP contribution is 2.13. The average Bonchev–Trinajstić information content (AvgIpc) is 2.29. The number of H-pyrrole nitrogens is 1. The minimum Gasteiger partial charge on any atom is -0.382 e. The highest BCUT2D eigenvalue weighted by Gasteiger charge is 2.05. The molecule has 0 spiro atoms. The minimum absolute atomic E-state index is 0.457. The summed E-state index contributed by atoms with van der Waals surface area (Å²) in [6.07, 6.45) is 0. The van der Waals surface area contributed by atoms with Crippen molar-refractivity contribution in [1.29, 1.82) is 0 Å². The van der Waals surface area contributed by atoms with E-state index in [-0.39, 0.29) is 0 Å². The molecule has 3 N–H and O–H groups in total. The van der Waals surface area contributed by atoms with E-state index in [0.29, 0.717) is 17.3 Å². The topological polar surface area (TPSA) is 80.5 Å². The molecule has 0 atom stereocenters. The largest absolute Gasteiger partial charge is 0.382 e. The van der Waals surface area contributed by atoms with Gasteiger partial charge in [-0.15, -0.1) is 0 Å². The maximum Gasteiger partial charge on any atom is 0.183 e. The second-order valence-corrected chi connectivity index (χ2v) is 2.68. The number of nitrogens with zero attached hydrogens (tertiary/aromatic N) is 3. The number of rotatable bonds is 0. The molecule has 2 aromatic heterocycles. The number of aromatic nitrogens is 4. The highest BCUT2D eigenvalue weighted by molar-refractivity contribution is 5.81. The summed E-state index contributed by atoms with van der Waals surface area (Å²) in [6, 6.07) is 0. The molecule has 5 heteroatoms. The Morgan fingerprint density at radius 1 is 1.17 bits per heavy atom. The molecule has 0 unspecified atom stereocenters. The Hall–Kier alpha value is -1.65. The second-order valence-electron chi connectivity index (χ2n) is 2.68. The molecule has 0 fully saturated rings. The summed E-state index contributed by atoms with van der Waals surface area (Å²) in [5.41, 5.74) is 7.01. The first-order chi connectivity index (χ1) is 5.66. The predicted molar refractivity (Wildman–Crippen MR) is 45.6 cm³/mol. The van der Waals surface area contributed by atoms with Crippen molar-refractivity contribution in [3.05, 3.63) is 11.6 Å².